The summed E-state index contributed by atoms with van der Waals surface area (Å²) in [6, 6.07) is 21.7. The fourth-order valence-electron chi connectivity index (χ4n) is 3.30. The lowest BCUT2D eigenvalue weighted by atomic mass is 9.87. The highest BCUT2D eigenvalue weighted by Crippen LogP contribution is 2.34. The van der Waals surface area contributed by atoms with Crippen molar-refractivity contribution in [1.29, 1.82) is 0 Å². The van der Waals surface area contributed by atoms with Crippen LogP contribution in [0.5, 0.6) is 0 Å². The second kappa shape index (κ2) is 9.48. The molecule has 0 radical (unpaired) electrons. The van der Waals surface area contributed by atoms with Crippen LogP contribution in [0.1, 0.15) is 31.9 Å². The van der Waals surface area contributed by atoms with Gasteiger partial charge < -0.3 is 0 Å². The molecular formula is C25H22Cl3N3S. The Morgan fingerprint density at radius 2 is 1.44 bits per heavy atom. The molecule has 0 N–H and O–H groups in total. The number of hydrogen-bond acceptors (Lipinski definition) is 3. The summed E-state index contributed by atoms with van der Waals surface area (Å²) >= 11 is 20.4. The average Bonchev–Trinajstić information content (AvgIpc) is 3.17. The summed E-state index contributed by atoms with van der Waals surface area (Å²) in [5.41, 5.74) is 4.15. The van der Waals surface area contributed by atoms with Gasteiger partial charge in [-0.2, -0.15) is 0 Å². The first-order chi connectivity index (χ1) is 15.2. The zero-order chi connectivity index (χ0) is 22.9. The van der Waals surface area contributed by atoms with Crippen molar-refractivity contribution < 1.29 is 0 Å². The summed E-state index contributed by atoms with van der Waals surface area (Å²) in [5.74, 6) is 1.34. The van der Waals surface area contributed by atoms with Crippen molar-refractivity contribution in [2.24, 2.45) is 0 Å². The molecule has 0 unspecified atom stereocenters. The van der Waals surface area contributed by atoms with E-state index in [4.69, 9.17) is 34.8 Å². The molecule has 0 amide bonds. The van der Waals surface area contributed by atoms with Crippen molar-refractivity contribution in [3.8, 4) is 17.1 Å². The minimum Gasteiger partial charge on any atom is -0.270 e. The molecule has 0 fully saturated rings. The summed E-state index contributed by atoms with van der Waals surface area (Å²) in [6.07, 6.45) is 0. The highest BCUT2D eigenvalue weighted by atomic mass is 35.5. The summed E-state index contributed by atoms with van der Waals surface area (Å²) in [6.45, 7) is 6.60. The minimum absolute atomic E-state index is 0.0810. The molecule has 0 aliphatic carbocycles. The molecule has 7 heteroatoms. The molecule has 0 aliphatic rings. The summed E-state index contributed by atoms with van der Waals surface area (Å²) in [4.78, 5) is 0. The van der Waals surface area contributed by atoms with Crippen LogP contribution in [0.3, 0.4) is 0 Å². The third kappa shape index (κ3) is 4.99. The van der Waals surface area contributed by atoms with E-state index in [2.05, 4.69) is 55.2 Å². The number of rotatable bonds is 5. The van der Waals surface area contributed by atoms with Gasteiger partial charge in [-0.1, -0.05) is 97.7 Å². The van der Waals surface area contributed by atoms with Crippen LogP contribution in [-0.2, 0) is 11.2 Å². The topological polar surface area (TPSA) is 30.7 Å². The van der Waals surface area contributed by atoms with Gasteiger partial charge in [-0.3, -0.25) is 4.57 Å². The van der Waals surface area contributed by atoms with Gasteiger partial charge in [0, 0.05) is 32.1 Å². The van der Waals surface area contributed by atoms with Gasteiger partial charge in [0.15, 0.2) is 11.0 Å². The average molecular weight is 503 g/mol. The SMILES string of the molecule is CC(C)(C)c1ccc(-c2nnc(SCc3c(Cl)cccc3Cl)n2-c2ccc(Cl)cc2)cc1. The normalized spacial score (nSPS) is 11.7. The molecule has 3 nitrogen and oxygen atoms in total. The molecule has 32 heavy (non-hydrogen) atoms. The number of hydrogen-bond donors (Lipinski definition) is 0. The smallest absolute Gasteiger partial charge is 0.196 e. The van der Waals surface area contributed by atoms with Crippen molar-refractivity contribution in [1.82, 2.24) is 14.8 Å². The quantitative estimate of drug-likeness (QED) is 0.256. The number of nitrogens with zero attached hydrogens (tertiary/aromatic N) is 3. The minimum atomic E-state index is 0.0810. The summed E-state index contributed by atoms with van der Waals surface area (Å²) in [7, 11) is 0. The molecule has 1 aromatic heterocycles. The largest absolute Gasteiger partial charge is 0.270 e. The predicted molar refractivity (Wildman–Crippen MR) is 137 cm³/mol. The zero-order valence-corrected chi connectivity index (χ0v) is 21.0. The van der Waals surface area contributed by atoms with Gasteiger partial charge in [0.25, 0.3) is 0 Å². The number of halogens is 3. The fourth-order valence-corrected chi connectivity index (χ4v) is 5.12. The lowest BCUT2D eigenvalue weighted by Crippen LogP contribution is -2.10. The number of benzene rings is 3. The molecule has 0 aliphatic heterocycles. The van der Waals surface area contributed by atoms with Crippen LogP contribution in [0, 0.1) is 0 Å². The van der Waals surface area contributed by atoms with E-state index in [1.54, 1.807) is 0 Å². The molecule has 0 bridgehead atoms. The van der Waals surface area contributed by atoms with Crippen molar-refractivity contribution in [2.75, 3.05) is 0 Å². The Bertz CT molecular complexity index is 1210. The van der Waals surface area contributed by atoms with Crippen LogP contribution in [0.2, 0.25) is 15.1 Å². The van der Waals surface area contributed by atoms with E-state index in [9.17, 15) is 0 Å². The van der Waals surface area contributed by atoms with E-state index in [0.717, 1.165) is 27.8 Å². The van der Waals surface area contributed by atoms with Crippen LogP contribution < -0.4 is 0 Å². The molecule has 0 spiro atoms. The maximum atomic E-state index is 6.37. The monoisotopic (exact) mass is 501 g/mol. The summed E-state index contributed by atoms with van der Waals surface area (Å²) in [5, 5.41) is 11.7. The lowest BCUT2D eigenvalue weighted by Gasteiger charge is -2.19. The Morgan fingerprint density at radius 3 is 2.03 bits per heavy atom. The Morgan fingerprint density at radius 1 is 0.812 bits per heavy atom. The third-order valence-corrected chi connectivity index (χ3v) is 7.05. The second-order valence-electron chi connectivity index (χ2n) is 8.43. The van der Waals surface area contributed by atoms with E-state index >= 15 is 0 Å². The van der Waals surface area contributed by atoms with Crippen molar-refractivity contribution in [2.45, 2.75) is 37.1 Å². The Kier molecular flexibility index (Phi) is 6.87. The van der Waals surface area contributed by atoms with Gasteiger partial charge in [-0.15, -0.1) is 10.2 Å². The molecule has 4 aromatic rings. The first-order valence-electron chi connectivity index (χ1n) is 10.1. The molecule has 3 aromatic carbocycles. The molecular weight excluding hydrogens is 481 g/mol. The van der Waals surface area contributed by atoms with Crippen LogP contribution in [0.25, 0.3) is 17.1 Å². The van der Waals surface area contributed by atoms with Crippen LogP contribution in [0.4, 0.5) is 0 Å². The maximum absolute atomic E-state index is 6.37. The van der Waals surface area contributed by atoms with Gasteiger partial charge >= 0.3 is 0 Å². The van der Waals surface area contributed by atoms with E-state index in [0.29, 0.717) is 20.8 Å². The number of aromatic nitrogens is 3. The second-order valence-corrected chi connectivity index (χ2v) is 10.6. The van der Waals surface area contributed by atoms with Crippen molar-refractivity contribution >= 4 is 46.6 Å². The van der Waals surface area contributed by atoms with Gasteiger partial charge in [0.05, 0.1) is 0 Å². The Labute approximate surface area is 207 Å². The van der Waals surface area contributed by atoms with Crippen LogP contribution in [0.15, 0.2) is 71.9 Å². The predicted octanol–water partition coefficient (Wildman–Crippen LogP) is 8.48. The van der Waals surface area contributed by atoms with E-state index in [1.165, 1.54) is 17.3 Å². The van der Waals surface area contributed by atoms with Crippen molar-refractivity contribution in [3.63, 3.8) is 0 Å². The Balaban J connectivity index is 1.74. The molecule has 1 heterocycles. The molecule has 0 atom stereocenters. The third-order valence-electron chi connectivity index (χ3n) is 5.13. The molecule has 0 saturated heterocycles. The highest BCUT2D eigenvalue weighted by Gasteiger charge is 2.19. The molecule has 164 valence electrons. The van der Waals surface area contributed by atoms with Crippen molar-refractivity contribution in [3.05, 3.63) is 92.9 Å². The van der Waals surface area contributed by atoms with Gasteiger partial charge in [0.1, 0.15) is 0 Å². The van der Waals surface area contributed by atoms with Gasteiger partial charge in [-0.25, -0.2) is 0 Å². The Hall–Kier alpha value is -1.98. The van der Waals surface area contributed by atoms with Gasteiger partial charge in [0.2, 0.25) is 0 Å². The highest BCUT2D eigenvalue weighted by molar-refractivity contribution is 7.98. The number of thioether (sulfide) groups is 1. The van der Waals surface area contributed by atoms with E-state index < -0.39 is 0 Å². The summed E-state index contributed by atoms with van der Waals surface area (Å²) < 4.78 is 2.04. The first-order valence-corrected chi connectivity index (χ1v) is 12.2. The molecule has 4 rings (SSSR count). The van der Waals surface area contributed by atoms with Crippen LogP contribution >= 0.6 is 46.6 Å². The van der Waals surface area contributed by atoms with E-state index in [-0.39, 0.29) is 5.41 Å². The first kappa shape index (κ1) is 23.2. The van der Waals surface area contributed by atoms with Gasteiger partial charge in [-0.05, 0) is 52.9 Å². The van der Waals surface area contributed by atoms with E-state index in [1.807, 2.05) is 47.0 Å². The lowest BCUT2D eigenvalue weighted by molar-refractivity contribution is 0.590. The zero-order valence-electron chi connectivity index (χ0n) is 17.9. The maximum Gasteiger partial charge on any atom is 0.196 e. The standard InChI is InChI=1S/C25H22Cl3N3S/c1-25(2,3)17-9-7-16(8-10-17)23-29-30-24(31(23)19-13-11-18(26)12-14-19)32-15-20-21(27)5-4-6-22(20)28/h4-14H,15H2,1-3H3. The van der Waals surface area contributed by atoms with Crippen LogP contribution in [-0.4, -0.2) is 14.8 Å². The molecule has 0 saturated carbocycles. The fraction of sp³-hybridized carbons (Fsp3) is 0.200.